The Labute approximate surface area is 233 Å². The summed E-state index contributed by atoms with van der Waals surface area (Å²) in [6.45, 7) is 8.18. The van der Waals surface area contributed by atoms with Crippen LogP contribution in [0.25, 0.3) is 28.1 Å². The molecule has 0 spiro atoms. The Hall–Kier alpha value is -3.57. The summed E-state index contributed by atoms with van der Waals surface area (Å²) < 4.78 is 35.6. The molecule has 1 aliphatic heterocycles. The van der Waals surface area contributed by atoms with Crippen molar-refractivity contribution in [2.45, 2.75) is 19.6 Å². The van der Waals surface area contributed by atoms with E-state index in [0.717, 1.165) is 60.5 Å². The van der Waals surface area contributed by atoms with Crippen LogP contribution in [0.2, 0.25) is 13.1 Å². The van der Waals surface area contributed by atoms with Crippen LogP contribution in [0.1, 0.15) is 11.3 Å². The lowest BCUT2D eigenvalue weighted by Crippen LogP contribution is -2.43. The molecular weight excluding hydrogens is 530 g/mol. The SMILES string of the molecule is CN1CCN(Cc2cc3c(-c4cc(C=C[Si](C)(C)O)ccc4Oc4ccc(F)cc4F)cn(C)c(=O)c3[nH]2)CC1. The number of aryl methyl sites for hydroxylation is 1. The maximum Gasteiger partial charge on any atom is 0.274 e. The van der Waals surface area contributed by atoms with E-state index in [1.165, 1.54) is 10.6 Å². The zero-order valence-electron chi connectivity index (χ0n) is 23.2. The summed E-state index contributed by atoms with van der Waals surface area (Å²) in [7, 11) is 1.34. The van der Waals surface area contributed by atoms with Gasteiger partial charge in [-0.3, -0.25) is 9.69 Å². The number of rotatable bonds is 7. The number of hydrogen-bond acceptors (Lipinski definition) is 5. The van der Waals surface area contributed by atoms with Crippen molar-refractivity contribution >= 4 is 25.3 Å². The monoisotopic (exact) mass is 564 g/mol. The summed E-state index contributed by atoms with van der Waals surface area (Å²) >= 11 is 0. The zero-order valence-corrected chi connectivity index (χ0v) is 24.2. The number of fused-ring (bicyclic) bond motifs is 1. The number of aromatic nitrogens is 2. The number of hydrogen-bond donors (Lipinski definition) is 2. The first-order valence-corrected chi connectivity index (χ1v) is 16.3. The van der Waals surface area contributed by atoms with Gasteiger partial charge in [0.1, 0.15) is 17.1 Å². The van der Waals surface area contributed by atoms with Gasteiger partial charge in [-0.2, -0.15) is 0 Å². The zero-order chi connectivity index (χ0) is 28.6. The summed E-state index contributed by atoms with van der Waals surface area (Å²) in [5, 5.41) is 0.731. The molecular formula is C30H34F2N4O3Si. The molecule has 0 unspecified atom stereocenters. The third kappa shape index (κ3) is 6.25. The van der Waals surface area contributed by atoms with Crippen LogP contribution in [0.5, 0.6) is 11.5 Å². The van der Waals surface area contributed by atoms with Crippen LogP contribution < -0.4 is 10.3 Å². The van der Waals surface area contributed by atoms with Gasteiger partial charge in [0.25, 0.3) is 5.56 Å². The molecule has 4 aromatic rings. The predicted octanol–water partition coefficient (Wildman–Crippen LogP) is 5.10. The molecule has 7 nitrogen and oxygen atoms in total. The first kappa shape index (κ1) is 28.0. The number of benzene rings is 2. The minimum Gasteiger partial charge on any atom is -0.454 e. The van der Waals surface area contributed by atoms with Gasteiger partial charge in [-0.25, -0.2) is 8.78 Å². The molecule has 210 valence electrons. The number of ether oxygens (including phenoxy) is 1. The van der Waals surface area contributed by atoms with Crippen molar-refractivity contribution < 1.29 is 18.3 Å². The van der Waals surface area contributed by atoms with Gasteiger partial charge in [-0.15, -0.1) is 0 Å². The minimum absolute atomic E-state index is 0.110. The van der Waals surface area contributed by atoms with Crippen LogP contribution in [0, 0.1) is 11.6 Å². The Morgan fingerprint density at radius 1 is 1.00 bits per heavy atom. The number of piperazine rings is 1. The van der Waals surface area contributed by atoms with E-state index in [4.69, 9.17) is 4.74 Å². The second-order valence-electron chi connectivity index (χ2n) is 11.0. The van der Waals surface area contributed by atoms with E-state index >= 15 is 0 Å². The van der Waals surface area contributed by atoms with E-state index in [2.05, 4.69) is 21.8 Å². The molecule has 2 aromatic carbocycles. The molecule has 1 fully saturated rings. The number of pyridine rings is 1. The Kier molecular flexibility index (Phi) is 7.78. The molecule has 40 heavy (non-hydrogen) atoms. The molecule has 10 heteroatoms. The van der Waals surface area contributed by atoms with E-state index < -0.39 is 20.0 Å². The Morgan fingerprint density at radius 3 is 2.42 bits per heavy atom. The standard InChI is InChI=1S/C30H34F2N4O3Si/c1-34-10-12-36(13-11-34)18-22-17-24-25(19-35(2)30(37)29(24)33-22)23-15-20(9-14-40(3,4)38)5-7-27(23)39-28-8-6-21(31)16-26(28)32/h5-9,14-17,19,33,38H,10-13,18H2,1-4H3. The van der Waals surface area contributed by atoms with Crippen molar-refractivity contribution in [1.82, 2.24) is 19.4 Å². The van der Waals surface area contributed by atoms with E-state index in [-0.39, 0.29) is 11.3 Å². The minimum atomic E-state index is -2.46. The van der Waals surface area contributed by atoms with Crippen LogP contribution in [0.15, 0.2) is 59.2 Å². The largest absolute Gasteiger partial charge is 0.454 e. The van der Waals surface area contributed by atoms with E-state index in [0.29, 0.717) is 23.4 Å². The van der Waals surface area contributed by atoms with Crippen molar-refractivity contribution in [2.75, 3.05) is 33.2 Å². The number of nitrogens with zero attached hydrogens (tertiary/aromatic N) is 3. The van der Waals surface area contributed by atoms with Gasteiger partial charge in [0.05, 0.1) is 0 Å². The molecule has 0 saturated carbocycles. The number of nitrogens with one attached hydrogen (secondary N) is 1. The van der Waals surface area contributed by atoms with Crippen LogP contribution >= 0.6 is 0 Å². The van der Waals surface area contributed by atoms with Crippen LogP contribution in [0.4, 0.5) is 8.78 Å². The third-order valence-electron chi connectivity index (χ3n) is 7.10. The number of aromatic amines is 1. The molecule has 1 aliphatic rings. The highest BCUT2D eigenvalue weighted by molar-refractivity contribution is 6.75. The van der Waals surface area contributed by atoms with Gasteiger partial charge in [0.15, 0.2) is 11.6 Å². The Balaban J connectivity index is 1.63. The normalized spacial score (nSPS) is 15.4. The Morgan fingerprint density at radius 2 is 1.73 bits per heavy atom. The topological polar surface area (TPSA) is 73.7 Å². The molecule has 0 bridgehead atoms. The maximum absolute atomic E-state index is 14.6. The molecule has 0 atom stereocenters. The van der Waals surface area contributed by atoms with Crippen molar-refractivity contribution in [3.8, 4) is 22.6 Å². The number of H-pyrrole nitrogens is 1. The van der Waals surface area contributed by atoms with Gasteiger partial charge >= 0.3 is 0 Å². The maximum atomic E-state index is 14.6. The molecule has 3 heterocycles. The highest BCUT2D eigenvalue weighted by Gasteiger charge is 2.20. The first-order chi connectivity index (χ1) is 19.0. The summed E-state index contributed by atoms with van der Waals surface area (Å²) in [5.41, 5.74) is 5.24. The van der Waals surface area contributed by atoms with Gasteiger partial charge < -0.3 is 24.0 Å². The lowest BCUT2D eigenvalue weighted by molar-refractivity contribution is 0.147. The van der Waals surface area contributed by atoms with Crippen molar-refractivity contribution in [3.63, 3.8) is 0 Å². The van der Waals surface area contributed by atoms with Crippen LogP contribution in [-0.2, 0) is 13.6 Å². The highest BCUT2D eigenvalue weighted by atomic mass is 28.4. The fraction of sp³-hybridized carbons (Fsp3) is 0.300. The fourth-order valence-corrected chi connectivity index (χ4v) is 5.46. The lowest BCUT2D eigenvalue weighted by Gasteiger charge is -2.31. The summed E-state index contributed by atoms with van der Waals surface area (Å²) in [5.74, 6) is -1.27. The van der Waals surface area contributed by atoms with E-state index in [1.54, 1.807) is 19.3 Å². The van der Waals surface area contributed by atoms with Crippen molar-refractivity contribution in [3.05, 3.63) is 87.6 Å². The van der Waals surface area contributed by atoms with Gasteiger partial charge in [-0.1, -0.05) is 17.8 Å². The smallest absolute Gasteiger partial charge is 0.274 e. The molecule has 2 N–H and O–H groups in total. The predicted molar refractivity (Wildman–Crippen MR) is 157 cm³/mol. The molecule has 1 saturated heterocycles. The van der Waals surface area contributed by atoms with Crippen molar-refractivity contribution in [2.24, 2.45) is 7.05 Å². The number of likely N-dealkylation sites (N-methyl/N-ethyl adjacent to an activating group) is 1. The molecule has 0 aliphatic carbocycles. The number of halogens is 2. The molecule has 0 radical (unpaired) electrons. The Bertz CT molecular complexity index is 1630. The molecule has 5 rings (SSSR count). The summed E-state index contributed by atoms with van der Waals surface area (Å²) in [4.78, 5) is 31.5. The highest BCUT2D eigenvalue weighted by Crippen LogP contribution is 2.38. The van der Waals surface area contributed by atoms with E-state index in [9.17, 15) is 18.4 Å². The average Bonchev–Trinajstić information content (AvgIpc) is 3.32. The van der Waals surface area contributed by atoms with Crippen LogP contribution in [0.3, 0.4) is 0 Å². The van der Waals surface area contributed by atoms with Gasteiger partial charge in [0.2, 0.25) is 8.32 Å². The lowest BCUT2D eigenvalue weighted by atomic mass is 10.00. The average molecular weight is 565 g/mol. The van der Waals surface area contributed by atoms with Gasteiger partial charge in [0, 0.05) is 74.2 Å². The van der Waals surface area contributed by atoms with Crippen molar-refractivity contribution in [1.29, 1.82) is 0 Å². The quantitative estimate of drug-likeness (QED) is 0.306. The fourth-order valence-electron chi connectivity index (χ4n) is 4.86. The summed E-state index contributed by atoms with van der Waals surface area (Å²) in [6, 6.07) is 10.6. The second kappa shape index (κ2) is 11.1. The van der Waals surface area contributed by atoms with Gasteiger partial charge in [-0.05, 0) is 56.0 Å². The van der Waals surface area contributed by atoms with Crippen LogP contribution in [-0.4, -0.2) is 65.7 Å². The third-order valence-corrected chi connectivity index (χ3v) is 8.08. The first-order valence-electron chi connectivity index (χ1n) is 13.3. The van der Waals surface area contributed by atoms with E-state index in [1.807, 2.05) is 43.1 Å². The molecule has 2 aromatic heterocycles. The second-order valence-corrected chi connectivity index (χ2v) is 14.7. The molecule has 0 amide bonds. The summed E-state index contributed by atoms with van der Waals surface area (Å²) in [6.07, 6.45) is 3.60.